The number of fused-ring (bicyclic) bond motifs is 2. The van der Waals surface area contributed by atoms with Gasteiger partial charge in [-0.15, -0.1) is 12.4 Å². The number of methoxy groups -OCH3 is 1. The van der Waals surface area contributed by atoms with Gasteiger partial charge in [0.1, 0.15) is 5.78 Å². The number of carbonyl (C=O) groups is 1. The van der Waals surface area contributed by atoms with Crippen LogP contribution in [-0.2, 0) is 17.8 Å². The Morgan fingerprint density at radius 3 is 3.00 bits per heavy atom. The quantitative estimate of drug-likeness (QED) is 0.751. The number of aromatic nitrogens is 2. The molecule has 0 N–H and O–H groups in total. The maximum atomic E-state index is 12.6. The Morgan fingerprint density at radius 1 is 1.41 bits per heavy atom. The molecule has 3 heterocycles. The molecule has 1 unspecified atom stereocenters. The highest BCUT2D eigenvalue weighted by Gasteiger charge is 2.34. The first-order valence-corrected chi connectivity index (χ1v) is 8.86. The van der Waals surface area contributed by atoms with E-state index >= 15 is 0 Å². The summed E-state index contributed by atoms with van der Waals surface area (Å²) < 4.78 is 18.6. The molecular weight excluding hydrogens is 370 g/mol. The van der Waals surface area contributed by atoms with Crippen molar-refractivity contribution in [2.75, 3.05) is 27.5 Å². The number of hydrogen-bond acceptors (Lipinski definition) is 6. The second-order valence-electron chi connectivity index (χ2n) is 6.72. The van der Waals surface area contributed by atoms with Gasteiger partial charge in [-0.1, -0.05) is 0 Å². The Balaban J connectivity index is 0.00000210. The molecule has 0 fully saturated rings. The number of halogens is 1. The minimum atomic E-state index is -0.0201. The molecule has 2 aliphatic rings. The van der Waals surface area contributed by atoms with Crippen LogP contribution in [0.25, 0.3) is 0 Å². The second kappa shape index (κ2) is 8.19. The summed E-state index contributed by atoms with van der Waals surface area (Å²) in [5.74, 6) is 2.29. The third-order valence-corrected chi connectivity index (χ3v) is 5.15. The number of benzene rings is 1. The normalized spacial score (nSPS) is 17.9. The standard InChI is InChI=1S/C19H23N3O4.ClH/c1-21-8-4-13-10-16-18(26-12-25-16)19(24-2)17(13)15(21)11-14(23)5-9-22-7-3-6-20-22;/h3,6-7,10,15H,4-5,8-9,11-12H2,1-2H3;1H. The number of nitrogens with zero attached hydrogens (tertiary/aromatic N) is 3. The van der Waals surface area contributed by atoms with E-state index in [0.717, 1.165) is 24.3 Å². The van der Waals surface area contributed by atoms with E-state index in [9.17, 15) is 4.79 Å². The molecular formula is C19H24ClN3O4. The summed E-state index contributed by atoms with van der Waals surface area (Å²) in [5, 5.41) is 4.16. The predicted molar refractivity (Wildman–Crippen MR) is 102 cm³/mol. The fourth-order valence-electron chi connectivity index (χ4n) is 3.77. The third-order valence-electron chi connectivity index (χ3n) is 5.15. The zero-order chi connectivity index (χ0) is 18.1. The molecule has 0 aliphatic carbocycles. The summed E-state index contributed by atoms with van der Waals surface area (Å²) in [6.45, 7) is 1.71. The predicted octanol–water partition coefficient (Wildman–Crippen LogP) is 2.62. The van der Waals surface area contributed by atoms with Gasteiger partial charge >= 0.3 is 0 Å². The van der Waals surface area contributed by atoms with Crippen molar-refractivity contribution < 1.29 is 19.0 Å². The highest BCUT2D eigenvalue weighted by Crippen LogP contribution is 2.50. The average molecular weight is 394 g/mol. The van der Waals surface area contributed by atoms with Gasteiger partial charge in [-0.25, -0.2) is 0 Å². The largest absolute Gasteiger partial charge is 0.492 e. The van der Waals surface area contributed by atoms with Gasteiger partial charge in [0, 0.05) is 49.9 Å². The first-order chi connectivity index (χ1) is 12.7. The van der Waals surface area contributed by atoms with E-state index in [0.29, 0.717) is 30.9 Å². The minimum Gasteiger partial charge on any atom is -0.492 e. The van der Waals surface area contributed by atoms with Gasteiger partial charge < -0.3 is 14.2 Å². The van der Waals surface area contributed by atoms with Crippen LogP contribution in [0.3, 0.4) is 0 Å². The van der Waals surface area contributed by atoms with Gasteiger partial charge in [0.15, 0.2) is 11.5 Å². The first-order valence-electron chi connectivity index (χ1n) is 8.86. The van der Waals surface area contributed by atoms with Crippen molar-refractivity contribution in [1.29, 1.82) is 0 Å². The molecule has 0 radical (unpaired) electrons. The summed E-state index contributed by atoms with van der Waals surface area (Å²) in [5.41, 5.74) is 2.23. The van der Waals surface area contributed by atoms with Crippen LogP contribution in [0.15, 0.2) is 24.5 Å². The van der Waals surface area contributed by atoms with E-state index in [2.05, 4.69) is 17.0 Å². The molecule has 8 heteroatoms. The summed E-state index contributed by atoms with van der Waals surface area (Å²) in [6.07, 6.45) is 5.41. The lowest BCUT2D eigenvalue weighted by Gasteiger charge is -2.35. The van der Waals surface area contributed by atoms with E-state index in [1.54, 1.807) is 18.0 Å². The number of likely N-dealkylation sites (N-methyl/N-ethyl adjacent to an activating group) is 1. The number of hydrogen-bond donors (Lipinski definition) is 0. The molecule has 1 aromatic heterocycles. The SMILES string of the molecule is COc1c2c(cc3c1C(CC(=O)CCn1cccn1)N(C)CC3)OCO2.Cl. The number of ketones is 1. The summed E-state index contributed by atoms with van der Waals surface area (Å²) >= 11 is 0. The van der Waals surface area contributed by atoms with Crippen LogP contribution in [0.5, 0.6) is 17.2 Å². The molecule has 2 aromatic rings. The van der Waals surface area contributed by atoms with Crippen molar-refractivity contribution in [3.63, 3.8) is 0 Å². The summed E-state index contributed by atoms with van der Waals surface area (Å²) in [6, 6.07) is 3.88. The Morgan fingerprint density at radius 2 is 2.26 bits per heavy atom. The molecule has 2 aliphatic heterocycles. The highest BCUT2D eigenvalue weighted by molar-refractivity contribution is 5.85. The van der Waals surface area contributed by atoms with Gasteiger partial charge in [0.25, 0.3) is 0 Å². The van der Waals surface area contributed by atoms with Crippen molar-refractivity contribution in [2.45, 2.75) is 31.8 Å². The van der Waals surface area contributed by atoms with Gasteiger partial charge in [-0.05, 0) is 31.2 Å². The zero-order valence-electron chi connectivity index (χ0n) is 15.5. The molecule has 1 aromatic carbocycles. The monoisotopic (exact) mass is 393 g/mol. The Hall–Kier alpha value is -2.25. The highest BCUT2D eigenvalue weighted by atomic mass is 35.5. The Kier molecular flexibility index (Phi) is 5.92. The maximum absolute atomic E-state index is 12.6. The molecule has 0 bridgehead atoms. The molecule has 0 spiro atoms. The minimum absolute atomic E-state index is 0. The molecule has 0 saturated carbocycles. The van der Waals surface area contributed by atoms with Crippen LogP contribution in [-0.4, -0.2) is 48.0 Å². The van der Waals surface area contributed by atoms with Crippen molar-refractivity contribution in [3.8, 4) is 17.2 Å². The lowest BCUT2D eigenvalue weighted by molar-refractivity contribution is -0.120. The number of carbonyl (C=O) groups excluding carboxylic acids is 1. The average Bonchev–Trinajstić information content (AvgIpc) is 3.32. The first kappa shape index (κ1) is 19.5. The van der Waals surface area contributed by atoms with Crippen molar-refractivity contribution >= 4 is 18.2 Å². The van der Waals surface area contributed by atoms with E-state index in [1.165, 1.54) is 5.56 Å². The molecule has 4 rings (SSSR count). The van der Waals surface area contributed by atoms with Crippen molar-refractivity contribution in [3.05, 3.63) is 35.7 Å². The van der Waals surface area contributed by atoms with Crippen LogP contribution >= 0.6 is 12.4 Å². The van der Waals surface area contributed by atoms with E-state index in [4.69, 9.17) is 14.2 Å². The molecule has 7 nitrogen and oxygen atoms in total. The topological polar surface area (TPSA) is 65.8 Å². The van der Waals surface area contributed by atoms with Crippen molar-refractivity contribution in [2.24, 2.45) is 0 Å². The van der Waals surface area contributed by atoms with Crippen LogP contribution < -0.4 is 14.2 Å². The van der Waals surface area contributed by atoms with Gasteiger partial charge in [-0.3, -0.25) is 14.4 Å². The lowest BCUT2D eigenvalue weighted by atomic mass is 9.88. The van der Waals surface area contributed by atoms with Crippen LogP contribution in [0.4, 0.5) is 0 Å². The lowest BCUT2D eigenvalue weighted by Crippen LogP contribution is -2.34. The number of ether oxygens (including phenoxy) is 3. The molecule has 0 saturated heterocycles. The number of rotatable bonds is 6. The van der Waals surface area contributed by atoms with Crippen molar-refractivity contribution in [1.82, 2.24) is 14.7 Å². The van der Waals surface area contributed by atoms with Crippen LogP contribution in [0.2, 0.25) is 0 Å². The van der Waals surface area contributed by atoms with Gasteiger partial charge in [0.2, 0.25) is 12.5 Å². The second-order valence-corrected chi connectivity index (χ2v) is 6.72. The molecule has 146 valence electrons. The Labute approximate surface area is 164 Å². The van der Waals surface area contributed by atoms with Crippen LogP contribution in [0, 0.1) is 0 Å². The van der Waals surface area contributed by atoms with Gasteiger partial charge in [-0.2, -0.15) is 5.10 Å². The molecule has 27 heavy (non-hydrogen) atoms. The fraction of sp³-hybridized carbons (Fsp3) is 0.474. The molecule has 0 amide bonds. The smallest absolute Gasteiger partial charge is 0.231 e. The number of aryl methyl sites for hydroxylation is 1. The molecule has 1 atom stereocenters. The van der Waals surface area contributed by atoms with E-state index < -0.39 is 0 Å². The fourth-order valence-corrected chi connectivity index (χ4v) is 3.77. The van der Waals surface area contributed by atoms with E-state index in [-0.39, 0.29) is 31.0 Å². The third kappa shape index (κ3) is 3.75. The van der Waals surface area contributed by atoms with Gasteiger partial charge in [0.05, 0.1) is 7.11 Å². The summed E-state index contributed by atoms with van der Waals surface area (Å²) in [7, 11) is 3.70. The Bertz CT molecular complexity index is 810. The summed E-state index contributed by atoms with van der Waals surface area (Å²) in [4.78, 5) is 14.9. The number of Topliss-reactive ketones (excluding diaryl/α,β-unsaturated/α-hetero) is 1. The van der Waals surface area contributed by atoms with E-state index in [1.807, 2.05) is 18.3 Å². The maximum Gasteiger partial charge on any atom is 0.231 e. The van der Waals surface area contributed by atoms with Crippen LogP contribution in [0.1, 0.15) is 30.0 Å². The zero-order valence-corrected chi connectivity index (χ0v) is 16.3.